The molecule has 0 spiro atoms. The van der Waals surface area contributed by atoms with Crippen LogP contribution in [0.1, 0.15) is 329 Å². The van der Waals surface area contributed by atoms with Crippen LogP contribution in [0.5, 0.6) is 0 Å². The lowest BCUT2D eigenvalue weighted by molar-refractivity contribution is -0.167. The topological polar surface area (TPSA) is 78.9 Å². The van der Waals surface area contributed by atoms with Crippen molar-refractivity contribution in [1.82, 2.24) is 0 Å². The van der Waals surface area contributed by atoms with Crippen molar-refractivity contribution in [3.8, 4) is 0 Å². The van der Waals surface area contributed by atoms with Gasteiger partial charge in [-0.3, -0.25) is 14.4 Å². The summed E-state index contributed by atoms with van der Waals surface area (Å²) in [6, 6.07) is 0. The second kappa shape index (κ2) is 56.5. The predicted molar refractivity (Wildman–Crippen MR) is 289 cm³/mol. The maximum Gasteiger partial charge on any atom is 0.306 e. The average Bonchev–Trinajstić information content (AvgIpc) is 3.33. The van der Waals surface area contributed by atoms with Crippen LogP contribution in [0.3, 0.4) is 0 Å². The van der Waals surface area contributed by atoms with E-state index in [1.807, 2.05) is 0 Å². The van der Waals surface area contributed by atoms with Crippen LogP contribution in [-0.2, 0) is 28.6 Å². The highest BCUT2D eigenvalue weighted by Crippen LogP contribution is 2.17. The third kappa shape index (κ3) is 54.7. The van der Waals surface area contributed by atoms with E-state index in [-0.39, 0.29) is 31.1 Å². The first-order valence-electron chi connectivity index (χ1n) is 29.8. The molecule has 1 atom stereocenters. The van der Waals surface area contributed by atoms with E-state index in [1.54, 1.807) is 0 Å². The largest absolute Gasteiger partial charge is 0.462 e. The highest BCUT2D eigenvalue weighted by molar-refractivity contribution is 5.71. The van der Waals surface area contributed by atoms with Crippen LogP contribution < -0.4 is 0 Å². The van der Waals surface area contributed by atoms with E-state index < -0.39 is 6.10 Å². The fourth-order valence-corrected chi connectivity index (χ4v) is 8.95. The van der Waals surface area contributed by atoms with Crippen LogP contribution in [0, 0.1) is 0 Å². The molecule has 6 nitrogen and oxygen atoms in total. The van der Waals surface area contributed by atoms with Gasteiger partial charge in [0.1, 0.15) is 13.2 Å². The van der Waals surface area contributed by atoms with Gasteiger partial charge in [0.05, 0.1) is 0 Å². The Hall–Kier alpha value is -2.11. The Morgan fingerprint density at radius 3 is 0.821 bits per heavy atom. The molecule has 0 aliphatic rings. The number of carbonyl (C=O) groups excluding carboxylic acids is 3. The summed E-state index contributed by atoms with van der Waals surface area (Å²) < 4.78 is 16.8. The Morgan fingerprint density at radius 1 is 0.299 bits per heavy atom. The summed E-state index contributed by atoms with van der Waals surface area (Å²) in [4.78, 5) is 38.0. The average molecular weight is 944 g/mol. The van der Waals surface area contributed by atoms with Crippen LogP contribution in [0.15, 0.2) is 24.3 Å². The minimum atomic E-state index is -0.763. The lowest BCUT2D eigenvalue weighted by atomic mass is 10.0. The van der Waals surface area contributed by atoms with E-state index in [0.717, 1.165) is 64.2 Å². The summed E-state index contributed by atoms with van der Waals surface area (Å²) in [6.07, 6.45) is 66.2. The molecule has 394 valence electrons. The summed E-state index contributed by atoms with van der Waals surface area (Å²) in [6.45, 7) is 6.66. The third-order valence-electron chi connectivity index (χ3n) is 13.5. The van der Waals surface area contributed by atoms with Crippen LogP contribution in [0.2, 0.25) is 0 Å². The van der Waals surface area contributed by atoms with E-state index in [4.69, 9.17) is 14.2 Å². The minimum Gasteiger partial charge on any atom is -0.462 e. The van der Waals surface area contributed by atoms with Gasteiger partial charge in [-0.15, -0.1) is 0 Å². The van der Waals surface area contributed by atoms with Gasteiger partial charge in [-0.25, -0.2) is 0 Å². The van der Waals surface area contributed by atoms with Gasteiger partial charge in [-0.2, -0.15) is 0 Å². The Labute approximate surface area is 417 Å². The number of hydrogen-bond acceptors (Lipinski definition) is 6. The van der Waals surface area contributed by atoms with Crippen molar-refractivity contribution in [2.75, 3.05) is 13.2 Å². The molecule has 1 unspecified atom stereocenters. The molecule has 0 rings (SSSR count). The molecule has 0 aliphatic heterocycles. The van der Waals surface area contributed by atoms with E-state index in [0.29, 0.717) is 19.3 Å². The maximum atomic E-state index is 12.8. The molecule has 0 heterocycles. The van der Waals surface area contributed by atoms with E-state index in [2.05, 4.69) is 45.1 Å². The van der Waals surface area contributed by atoms with Gasteiger partial charge in [0.15, 0.2) is 6.10 Å². The summed E-state index contributed by atoms with van der Waals surface area (Å²) in [5, 5.41) is 0. The molecule has 0 aromatic rings. The SMILES string of the molecule is CCCCCCC/C=C\C/C=C\CCCCCCCCCCCCCCCCCC(=O)OCC(COC(=O)CCCCCCCCCCCC)OC(=O)CCCCCCCCCCCCCC. The zero-order valence-corrected chi connectivity index (χ0v) is 45.2. The smallest absolute Gasteiger partial charge is 0.306 e. The van der Waals surface area contributed by atoms with Crippen LogP contribution >= 0.6 is 0 Å². The molecule has 0 aromatic heterocycles. The van der Waals surface area contributed by atoms with Crippen molar-refractivity contribution < 1.29 is 28.6 Å². The molecule has 0 amide bonds. The Balaban J connectivity index is 4.10. The van der Waals surface area contributed by atoms with Crippen LogP contribution in [0.4, 0.5) is 0 Å². The number of esters is 3. The molecule has 0 bridgehead atoms. The highest BCUT2D eigenvalue weighted by atomic mass is 16.6. The predicted octanol–water partition coefficient (Wildman–Crippen LogP) is 19.9. The number of rotatable bonds is 55. The van der Waals surface area contributed by atoms with Gasteiger partial charge in [-0.05, 0) is 51.4 Å². The van der Waals surface area contributed by atoms with Crippen molar-refractivity contribution in [2.24, 2.45) is 0 Å². The van der Waals surface area contributed by atoms with Crippen molar-refractivity contribution in [2.45, 2.75) is 335 Å². The van der Waals surface area contributed by atoms with E-state index in [1.165, 1.54) is 225 Å². The van der Waals surface area contributed by atoms with E-state index in [9.17, 15) is 14.4 Å². The summed E-state index contributed by atoms with van der Waals surface area (Å²) in [7, 11) is 0. The molecule has 0 radical (unpaired) electrons. The van der Waals surface area contributed by atoms with Crippen molar-refractivity contribution in [3.05, 3.63) is 24.3 Å². The zero-order chi connectivity index (χ0) is 48.6. The summed E-state index contributed by atoms with van der Waals surface area (Å²) in [5.41, 5.74) is 0. The normalized spacial score (nSPS) is 12.1. The monoisotopic (exact) mass is 943 g/mol. The molecule has 0 saturated carbocycles. The number of allylic oxidation sites excluding steroid dienone is 4. The van der Waals surface area contributed by atoms with Crippen molar-refractivity contribution in [1.29, 1.82) is 0 Å². The minimum absolute atomic E-state index is 0.0651. The molecule has 0 N–H and O–H groups in total. The van der Waals surface area contributed by atoms with Crippen LogP contribution in [-0.4, -0.2) is 37.2 Å². The van der Waals surface area contributed by atoms with Crippen molar-refractivity contribution in [3.63, 3.8) is 0 Å². The Kier molecular flexibility index (Phi) is 54.7. The third-order valence-corrected chi connectivity index (χ3v) is 13.5. The van der Waals surface area contributed by atoms with Gasteiger partial charge in [0, 0.05) is 19.3 Å². The molecule has 0 aromatic carbocycles. The molecule has 67 heavy (non-hydrogen) atoms. The van der Waals surface area contributed by atoms with Crippen molar-refractivity contribution >= 4 is 17.9 Å². The second-order valence-corrected chi connectivity index (χ2v) is 20.3. The first kappa shape index (κ1) is 64.9. The molecule has 0 aliphatic carbocycles. The summed E-state index contributed by atoms with van der Waals surface area (Å²) >= 11 is 0. The number of carbonyl (C=O) groups is 3. The molecule has 6 heteroatoms. The summed E-state index contributed by atoms with van der Waals surface area (Å²) in [5.74, 6) is -0.847. The second-order valence-electron chi connectivity index (χ2n) is 20.3. The van der Waals surface area contributed by atoms with Gasteiger partial charge >= 0.3 is 17.9 Å². The van der Waals surface area contributed by atoms with Gasteiger partial charge in [0.25, 0.3) is 0 Å². The quantitative estimate of drug-likeness (QED) is 0.0262. The Bertz CT molecular complexity index is 1080. The fourth-order valence-electron chi connectivity index (χ4n) is 8.95. The molecule has 0 saturated heterocycles. The lowest BCUT2D eigenvalue weighted by Crippen LogP contribution is -2.30. The number of ether oxygens (including phenoxy) is 3. The Morgan fingerprint density at radius 2 is 0.537 bits per heavy atom. The number of unbranched alkanes of at least 4 members (excludes halogenated alkanes) is 40. The first-order valence-corrected chi connectivity index (χ1v) is 29.8. The molecule has 0 fully saturated rings. The fraction of sp³-hybridized carbons (Fsp3) is 0.885. The lowest BCUT2D eigenvalue weighted by Gasteiger charge is -2.18. The molecular weight excluding hydrogens is 829 g/mol. The van der Waals surface area contributed by atoms with E-state index >= 15 is 0 Å². The number of hydrogen-bond donors (Lipinski definition) is 0. The molecular formula is C61H114O6. The highest BCUT2D eigenvalue weighted by Gasteiger charge is 2.19. The standard InChI is InChI=1S/C61H114O6/c1-4-7-10-13-16-19-22-24-25-26-27-28-29-30-31-32-33-34-35-36-37-38-40-42-45-48-51-54-60(63)66-57-58(56-65-59(62)53-50-47-44-41-21-18-15-12-9-6-3)67-61(64)55-52-49-46-43-39-23-20-17-14-11-8-5-2/h22,24,26-27,58H,4-21,23,25,28-57H2,1-3H3/b24-22-,27-26-. The first-order chi connectivity index (χ1) is 33.0. The van der Waals surface area contributed by atoms with Crippen LogP contribution in [0.25, 0.3) is 0 Å². The zero-order valence-electron chi connectivity index (χ0n) is 45.2. The van der Waals surface area contributed by atoms with Gasteiger partial charge in [0.2, 0.25) is 0 Å². The van der Waals surface area contributed by atoms with Gasteiger partial charge < -0.3 is 14.2 Å². The van der Waals surface area contributed by atoms with Gasteiger partial charge in [-0.1, -0.05) is 283 Å². The maximum absolute atomic E-state index is 12.8.